The molecule has 5 rings (SSSR count). The molecule has 2 aromatic heterocycles. The van der Waals surface area contributed by atoms with Gasteiger partial charge in [-0.05, 0) is 55.5 Å². The molecule has 0 amide bonds. The zero-order valence-corrected chi connectivity index (χ0v) is 18.3. The van der Waals surface area contributed by atoms with Gasteiger partial charge in [-0.3, -0.25) is 4.79 Å². The van der Waals surface area contributed by atoms with E-state index in [4.69, 9.17) is 10.5 Å². The maximum Gasteiger partial charge on any atom is 0.195 e. The molecule has 0 saturated heterocycles. The molecule has 0 unspecified atom stereocenters. The highest BCUT2D eigenvalue weighted by atomic mass is 16.5. The van der Waals surface area contributed by atoms with E-state index in [-0.39, 0.29) is 11.8 Å². The van der Waals surface area contributed by atoms with Crippen molar-refractivity contribution in [3.8, 4) is 5.75 Å². The summed E-state index contributed by atoms with van der Waals surface area (Å²) >= 11 is 0. The molecular weight excluding hydrogens is 414 g/mol. The van der Waals surface area contributed by atoms with Crippen molar-refractivity contribution in [2.45, 2.75) is 44.4 Å². The van der Waals surface area contributed by atoms with Crippen molar-refractivity contribution in [1.82, 2.24) is 15.0 Å². The van der Waals surface area contributed by atoms with Crippen LogP contribution in [0.15, 0.2) is 67.1 Å². The fraction of sp³-hybridized carbons (Fsp3) is 0.269. The van der Waals surface area contributed by atoms with E-state index in [0.29, 0.717) is 35.2 Å². The molecule has 2 heterocycles. The number of ether oxygens (including phenoxy) is 1. The average molecular weight is 442 g/mol. The van der Waals surface area contributed by atoms with E-state index in [9.17, 15) is 4.79 Å². The van der Waals surface area contributed by atoms with Gasteiger partial charge in [-0.1, -0.05) is 30.3 Å². The maximum absolute atomic E-state index is 13.3. The van der Waals surface area contributed by atoms with Crippen LogP contribution in [0.25, 0.3) is 11.0 Å². The second-order valence-corrected chi connectivity index (χ2v) is 8.53. The van der Waals surface area contributed by atoms with Crippen LogP contribution >= 0.6 is 0 Å². The highest BCUT2D eigenvalue weighted by Gasteiger charge is 2.22. The van der Waals surface area contributed by atoms with Crippen LogP contribution < -0.4 is 15.8 Å². The number of rotatable bonds is 7. The molecule has 0 radical (unpaired) electrons. The number of carbonyl (C=O) groups is 1. The molecule has 7 nitrogen and oxygen atoms in total. The summed E-state index contributed by atoms with van der Waals surface area (Å²) in [6.45, 7) is 0.481. The number of anilines is 1. The van der Waals surface area contributed by atoms with E-state index in [0.717, 1.165) is 42.4 Å². The third-order valence-corrected chi connectivity index (χ3v) is 6.19. The number of ketones is 1. The first-order chi connectivity index (χ1) is 16.2. The summed E-state index contributed by atoms with van der Waals surface area (Å²) in [4.78, 5) is 25.2. The van der Waals surface area contributed by atoms with Crippen molar-refractivity contribution in [1.29, 1.82) is 0 Å². The van der Waals surface area contributed by atoms with E-state index in [1.807, 2.05) is 42.5 Å². The van der Waals surface area contributed by atoms with Gasteiger partial charge in [0, 0.05) is 23.8 Å². The van der Waals surface area contributed by atoms with Crippen LogP contribution in [0.2, 0.25) is 0 Å². The smallest absolute Gasteiger partial charge is 0.195 e. The molecule has 2 aromatic carbocycles. The van der Waals surface area contributed by atoms with Crippen LogP contribution in [-0.4, -0.2) is 32.8 Å². The van der Waals surface area contributed by atoms with Crippen LogP contribution in [0.1, 0.15) is 47.2 Å². The summed E-state index contributed by atoms with van der Waals surface area (Å²) in [7, 11) is 0. The third-order valence-electron chi connectivity index (χ3n) is 6.19. The van der Waals surface area contributed by atoms with E-state index in [2.05, 4.69) is 20.3 Å². The molecule has 1 fully saturated rings. The second-order valence-electron chi connectivity index (χ2n) is 8.53. The Balaban J connectivity index is 1.34. The monoisotopic (exact) mass is 441 g/mol. The molecule has 0 aliphatic heterocycles. The predicted molar refractivity (Wildman–Crippen MR) is 128 cm³/mol. The highest BCUT2D eigenvalue weighted by Crippen LogP contribution is 2.29. The quantitative estimate of drug-likeness (QED) is 0.366. The Bertz CT molecular complexity index is 1230. The van der Waals surface area contributed by atoms with Gasteiger partial charge in [-0.15, -0.1) is 0 Å². The zero-order valence-electron chi connectivity index (χ0n) is 18.3. The lowest BCUT2D eigenvalue weighted by Gasteiger charge is -2.27. The SMILES string of the molecule is N[C@H]1CC[C@@H](Nc2ncnc3[nH]cc(C(=O)c4ccc(OCc5ccccc5)cc4)c23)CC1. The van der Waals surface area contributed by atoms with Crippen LogP contribution in [0.4, 0.5) is 5.82 Å². The van der Waals surface area contributed by atoms with Crippen LogP contribution in [0.5, 0.6) is 5.75 Å². The number of aromatic nitrogens is 3. The van der Waals surface area contributed by atoms with Gasteiger partial charge >= 0.3 is 0 Å². The number of nitrogens with two attached hydrogens (primary N) is 1. The first-order valence-corrected chi connectivity index (χ1v) is 11.3. The Kier molecular flexibility index (Phi) is 6.04. The molecule has 168 valence electrons. The summed E-state index contributed by atoms with van der Waals surface area (Å²) in [5.74, 6) is 1.32. The molecule has 4 N–H and O–H groups in total. The van der Waals surface area contributed by atoms with Gasteiger partial charge < -0.3 is 20.8 Å². The Labute approximate surface area is 192 Å². The minimum Gasteiger partial charge on any atom is -0.489 e. The number of nitrogens with one attached hydrogen (secondary N) is 2. The number of hydrogen-bond donors (Lipinski definition) is 3. The lowest BCUT2D eigenvalue weighted by molar-refractivity contribution is 0.104. The molecule has 7 heteroatoms. The fourth-order valence-corrected chi connectivity index (χ4v) is 4.31. The fourth-order valence-electron chi connectivity index (χ4n) is 4.31. The van der Waals surface area contributed by atoms with Gasteiger partial charge in [0.05, 0.1) is 10.9 Å². The molecule has 1 aliphatic carbocycles. The first kappa shape index (κ1) is 21.2. The van der Waals surface area contributed by atoms with Crippen molar-refractivity contribution >= 4 is 22.6 Å². The normalized spacial score (nSPS) is 18.2. The molecule has 1 aliphatic rings. The second kappa shape index (κ2) is 9.42. The predicted octanol–water partition coefficient (Wildman–Crippen LogP) is 4.45. The minimum atomic E-state index is -0.0839. The number of nitrogens with zero attached hydrogens (tertiary/aromatic N) is 2. The Morgan fingerprint density at radius 3 is 2.55 bits per heavy atom. The van der Waals surface area contributed by atoms with Crippen molar-refractivity contribution in [3.05, 3.63) is 83.8 Å². The Morgan fingerprint density at radius 2 is 1.79 bits per heavy atom. The largest absolute Gasteiger partial charge is 0.489 e. The number of benzene rings is 2. The molecule has 1 saturated carbocycles. The Hall–Kier alpha value is -3.71. The number of fused-ring (bicyclic) bond motifs is 1. The lowest BCUT2D eigenvalue weighted by Crippen LogP contribution is -2.33. The van der Waals surface area contributed by atoms with Crippen molar-refractivity contribution in [3.63, 3.8) is 0 Å². The van der Waals surface area contributed by atoms with Gasteiger partial charge in [0.25, 0.3) is 0 Å². The van der Waals surface area contributed by atoms with Gasteiger partial charge in [0.15, 0.2) is 5.78 Å². The van der Waals surface area contributed by atoms with Gasteiger partial charge in [0.2, 0.25) is 0 Å². The Morgan fingerprint density at radius 1 is 1.03 bits per heavy atom. The van der Waals surface area contributed by atoms with Crippen molar-refractivity contribution in [2.24, 2.45) is 5.73 Å². The number of H-pyrrole nitrogens is 1. The standard InChI is InChI=1S/C26H27N5O2/c27-19-8-10-20(11-9-19)31-26-23-22(14-28-25(23)29-16-30-26)24(32)18-6-12-21(13-7-18)33-15-17-4-2-1-3-5-17/h1-7,12-14,16,19-20H,8-11,15,27H2,(H2,28,29,30,31)/t19-,20+. The lowest BCUT2D eigenvalue weighted by atomic mass is 9.92. The molecule has 33 heavy (non-hydrogen) atoms. The number of aromatic amines is 1. The zero-order chi connectivity index (χ0) is 22.6. The van der Waals surface area contributed by atoms with Gasteiger partial charge in [-0.2, -0.15) is 0 Å². The summed E-state index contributed by atoms with van der Waals surface area (Å²) < 4.78 is 5.84. The first-order valence-electron chi connectivity index (χ1n) is 11.3. The van der Waals surface area contributed by atoms with Gasteiger partial charge in [-0.25, -0.2) is 9.97 Å². The number of hydrogen-bond acceptors (Lipinski definition) is 6. The van der Waals surface area contributed by atoms with Crippen LogP contribution in [-0.2, 0) is 6.61 Å². The summed E-state index contributed by atoms with van der Waals surface area (Å²) in [5.41, 5.74) is 8.92. The molecular formula is C26H27N5O2. The van der Waals surface area contributed by atoms with Gasteiger partial charge in [0.1, 0.15) is 30.1 Å². The average Bonchev–Trinajstić information content (AvgIpc) is 3.30. The van der Waals surface area contributed by atoms with Crippen molar-refractivity contribution < 1.29 is 9.53 Å². The van der Waals surface area contributed by atoms with E-state index in [1.54, 1.807) is 18.3 Å². The maximum atomic E-state index is 13.3. The summed E-state index contributed by atoms with van der Waals surface area (Å²) in [5, 5.41) is 4.24. The molecule has 0 atom stereocenters. The summed E-state index contributed by atoms with van der Waals surface area (Å²) in [6, 6.07) is 17.8. The van der Waals surface area contributed by atoms with E-state index in [1.165, 1.54) is 6.33 Å². The van der Waals surface area contributed by atoms with Crippen molar-refractivity contribution in [2.75, 3.05) is 5.32 Å². The third kappa shape index (κ3) is 4.73. The highest BCUT2D eigenvalue weighted by molar-refractivity contribution is 6.18. The minimum absolute atomic E-state index is 0.0839. The van der Waals surface area contributed by atoms with Crippen LogP contribution in [0.3, 0.4) is 0 Å². The van der Waals surface area contributed by atoms with E-state index >= 15 is 0 Å². The van der Waals surface area contributed by atoms with Crippen LogP contribution in [0, 0.1) is 0 Å². The molecule has 0 bridgehead atoms. The molecule has 0 spiro atoms. The topological polar surface area (TPSA) is 106 Å². The van der Waals surface area contributed by atoms with E-state index < -0.39 is 0 Å². The number of carbonyl (C=O) groups excluding carboxylic acids is 1. The summed E-state index contributed by atoms with van der Waals surface area (Å²) in [6.07, 6.45) is 7.19. The molecule has 4 aromatic rings.